The first kappa shape index (κ1) is 13.7. The predicted molar refractivity (Wildman–Crippen MR) is 72.9 cm³/mol. The standard InChI is InChI=1S/C11H13BrN4O3/c1-15-3-2-7(4-10(15)17)14-11-9(12)5-8(6-13-11)16(18)19/h5-7H,2-4H2,1H3,(H,13,14). The number of hydrogen-bond acceptors (Lipinski definition) is 5. The molecule has 102 valence electrons. The summed E-state index contributed by atoms with van der Waals surface area (Å²) in [5.74, 6) is 0.606. The van der Waals surface area contributed by atoms with E-state index in [0.717, 1.165) is 6.42 Å². The highest BCUT2D eigenvalue weighted by Crippen LogP contribution is 2.26. The smallest absolute Gasteiger partial charge is 0.288 e. The largest absolute Gasteiger partial charge is 0.366 e. The Morgan fingerprint density at radius 2 is 2.37 bits per heavy atom. The van der Waals surface area contributed by atoms with E-state index in [1.807, 2.05) is 0 Å². The van der Waals surface area contributed by atoms with Gasteiger partial charge >= 0.3 is 0 Å². The normalized spacial score (nSPS) is 19.4. The predicted octanol–water partition coefficient (Wildman–Crippen LogP) is 1.78. The minimum atomic E-state index is -0.499. The molecule has 1 unspecified atom stereocenters. The van der Waals surface area contributed by atoms with Gasteiger partial charge in [0.1, 0.15) is 12.0 Å². The van der Waals surface area contributed by atoms with E-state index >= 15 is 0 Å². The second-order valence-electron chi connectivity index (χ2n) is 4.43. The van der Waals surface area contributed by atoms with Crippen molar-refractivity contribution in [3.05, 3.63) is 26.9 Å². The Hall–Kier alpha value is -1.70. The summed E-state index contributed by atoms with van der Waals surface area (Å²) in [6, 6.07) is 1.40. The first-order chi connectivity index (χ1) is 8.97. The first-order valence-corrected chi connectivity index (χ1v) is 6.57. The number of hydrogen-bond donors (Lipinski definition) is 1. The van der Waals surface area contributed by atoms with Crippen LogP contribution in [0.3, 0.4) is 0 Å². The second-order valence-corrected chi connectivity index (χ2v) is 5.28. The molecule has 0 spiro atoms. The lowest BCUT2D eigenvalue weighted by atomic mass is 10.1. The average Bonchev–Trinajstić information content (AvgIpc) is 2.36. The highest BCUT2D eigenvalue weighted by Gasteiger charge is 2.24. The molecule has 1 aliphatic rings. The van der Waals surface area contributed by atoms with Gasteiger partial charge in [-0.3, -0.25) is 14.9 Å². The molecule has 7 nitrogen and oxygen atoms in total. The minimum absolute atomic E-state index is 0.00829. The van der Waals surface area contributed by atoms with Crippen molar-refractivity contribution in [2.45, 2.75) is 18.9 Å². The fourth-order valence-electron chi connectivity index (χ4n) is 1.89. The van der Waals surface area contributed by atoms with Gasteiger partial charge in [0.05, 0.1) is 9.40 Å². The zero-order valence-corrected chi connectivity index (χ0v) is 11.9. The number of aromatic nitrogens is 1. The van der Waals surface area contributed by atoms with Crippen LogP contribution in [-0.4, -0.2) is 40.3 Å². The third kappa shape index (κ3) is 3.19. The van der Waals surface area contributed by atoms with E-state index in [0.29, 0.717) is 23.3 Å². The van der Waals surface area contributed by atoms with E-state index in [1.54, 1.807) is 11.9 Å². The molecular weight excluding hydrogens is 316 g/mol. The fraction of sp³-hybridized carbons (Fsp3) is 0.455. The van der Waals surface area contributed by atoms with E-state index in [9.17, 15) is 14.9 Å². The minimum Gasteiger partial charge on any atom is -0.366 e. The van der Waals surface area contributed by atoms with Gasteiger partial charge in [-0.05, 0) is 22.4 Å². The van der Waals surface area contributed by atoms with Gasteiger partial charge in [0.25, 0.3) is 5.69 Å². The molecule has 1 N–H and O–H groups in total. The van der Waals surface area contributed by atoms with Crippen LogP contribution in [0.4, 0.5) is 11.5 Å². The van der Waals surface area contributed by atoms with Gasteiger partial charge in [-0.15, -0.1) is 0 Å². The van der Waals surface area contributed by atoms with Crippen LogP contribution in [0, 0.1) is 10.1 Å². The van der Waals surface area contributed by atoms with Gasteiger partial charge in [-0.1, -0.05) is 0 Å². The van der Waals surface area contributed by atoms with Crippen LogP contribution in [0.5, 0.6) is 0 Å². The summed E-state index contributed by atoms with van der Waals surface area (Å²) in [6.07, 6.45) is 2.43. The van der Waals surface area contributed by atoms with Gasteiger partial charge in [-0.25, -0.2) is 4.98 Å². The fourth-order valence-corrected chi connectivity index (χ4v) is 2.34. The van der Waals surface area contributed by atoms with E-state index in [-0.39, 0.29) is 17.6 Å². The van der Waals surface area contributed by atoms with Crippen molar-refractivity contribution in [1.29, 1.82) is 0 Å². The molecule has 0 saturated carbocycles. The van der Waals surface area contributed by atoms with E-state index in [4.69, 9.17) is 0 Å². The number of nitro groups is 1. The number of carbonyl (C=O) groups is 1. The summed E-state index contributed by atoms with van der Waals surface area (Å²) in [7, 11) is 1.78. The summed E-state index contributed by atoms with van der Waals surface area (Å²) in [5.41, 5.74) is -0.0723. The van der Waals surface area contributed by atoms with Crippen molar-refractivity contribution >= 4 is 33.3 Å². The van der Waals surface area contributed by atoms with Crippen LogP contribution in [-0.2, 0) is 4.79 Å². The molecule has 1 amide bonds. The van der Waals surface area contributed by atoms with Crippen LogP contribution >= 0.6 is 15.9 Å². The molecule has 1 atom stereocenters. The number of anilines is 1. The highest BCUT2D eigenvalue weighted by molar-refractivity contribution is 9.10. The lowest BCUT2D eigenvalue weighted by Gasteiger charge is -2.29. The van der Waals surface area contributed by atoms with Gasteiger partial charge in [-0.2, -0.15) is 0 Å². The van der Waals surface area contributed by atoms with Crippen molar-refractivity contribution in [2.75, 3.05) is 18.9 Å². The highest BCUT2D eigenvalue weighted by atomic mass is 79.9. The zero-order chi connectivity index (χ0) is 14.0. The number of nitrogens with one attached hydrogen (secondary N) is 1. The quantitative estimate of drug-likeness (QED) is 0.675. The molecule has 1 fully saturated rings. The Bertz CT molecular complexity index is 523. The lowest BCUT2D eigenvalue weighted by Crippen LogP contribution is -2.41. The molecule has 8 heteroatoms. The Balaban J connectivity index is 2.07. The summed E-state index contributed by atoms with van der Waals surface area (Å²) < 4.78 is 0.521. The number of piperidine rings is 1. The first-order valence-electron chi connectivity index (χ1n) is 5.78. The van der Waals surface area contributed by atoms with Gasteiger partial charge in [0.15, 0.2) is 0 Å². The van der Waals surface area contributed by atoms with E-state index < -0.39 is 4.92 Å². The third-order valence-corrected chi connectivity index (χ3v) is 3.64. The summed E-state index contributed by atoms with van der Waals surface area (Å²) >= 11 is 3.24. The number of likely N-dealkylation sites (tertiary alicyclic amines) is 1. The van der Waals surface area contributed by atoms with Gasteiger partial charge in [0, 0.05) is 32.1 Å². The van der Waals surface area contributed by atoms with Gasteiger partial charge in [0.2, 0.25) is 5.91 Å². The number of halogens is 1. The molecular formula is C11H13BrN4O3. The monoisotopic (exact) mass is 328 g/mol. The lowest BCUT2D eigenvalue weighted by molar-refractivity contribution is -0.385. The molecule has 2 rings (SSSR count). The topological polar surface area (TPSA) is 88.4 Å². The number of pyridine rings is 1. The van der Waals surface area contributed by atoms with Gasteiger partial charge < -0.3 is 10.2 Å². The van der Waals surface area contributed by atoms with Crippen molar-refractivity contribution in [1.82, 2.24) is 9.88 Å². The molecule has 2 heterocycles. The molecule has 0 bridgehead atoms. The van der Waals surface area contributed by atoms with Crippen molar-refractivity contribution in [3.8, 4) is 0 Å². The van der Waals surface area contributed by atoms with Crippen LogP contribution in [0.1, 0.15) is 12.8 Å². The third-order valence-electron chi connectivity index (χ3n) is 3.04. The van der Waals surface area contributed by atoms with Crippen molar-refractivity contribution in [2.24, 2.45) is 0 Å². The van der Waals surface area contributed by atoms with Crippen LogP contribution < -0.4 is 5.32 Å². The maximum Gasteiger partial charge on any atom is 0.288 e. The maximum absolute atomic E-state index is 11.6. The average molecular weight is 329 g/mol. The second kappa shape index (κ2) is 5.52. The molecule has 1 aromatic rings. The van der Waals surface area contributed by atoms with Crippen molar-refractivity contribution in [3.63, 3.8) is 0 Å². The Kier molecular flexibility index (Phi) is 3.98. The van der Waals surface area contributed by atoms with E-state index in [2.05, 4.69) is 26.2 Å². The summed E-state index contributed by atoms with van der Waals surface area (Å²) in [6.45, 7) is 0.696. The molecule has 0 radical (unpaired) electrons. The molecule has 0 aromatic carbocycles. The Morgan fingerprint density at radius 1 is 1.63 bits per heavy atom. The number of amides is 1. The zero-order valence-electron chi connectivity index (χ0n) is 10.3. The van der Waals surface area contributed by atoms with Crippen LogP contribution in [0.15, 0.2) is 16.7 Å². The Morgan fingerprint density at radius 3 is 2.95 bits per heavy atom. The molecule has 1 saturated heterocycles. The number of carbonyl (C=O) groups excluding carboxylic acids is 1. The summed E-state index contributed by atoms with van der Waals surface area (Å²) in [4.78, 5) is 27.4. The molecule has 1 aliphatic heterocycles. The van der Waals surface area contributed by atoms with Crippen LogP contribution in [0.2, 0.25) is 0 Å². The SMILES string of the molecule is CN1CCC(Nc2ncc([N+](=O)[O-])cc2Br)CC1=O. The number of nitrogens with zero attached hydrogens (tertiary/aromatic N) is 3. The molecule has 0 aliphatic carbocycles. The molecule has 1 aromatic heterocycles. The van der Waals surface area contributed by atoms with Crippen LogP contribution in [0.25, 0.3) is 0 Å². The number of rotatable bonds is 3. The Labute approximate surface area is 118 Å². The summed E-state index contributed by atoms with van der Waals surface area (Å²) in [5, 5.41) is 13.7. The van der Waals surface area contributed by atoms with E-state index in [1.165, 1.54) is 12.3 Å². The molecule has 19 heavy (non-hydrogen) atoms. The maximum atomic E-state index is 11.6. The van der Waals surface area contributed by atoms with Crippen molar-refractivity contribution < 1.29 is 9.72 Å².